The molecule has 0 unspecified atom stereocenters. The third-order valence-corrected chi connectivity index (χ3v) is 3.65. The average molecular weight is 343 g/mol. The fourth-order valence-corrected chi connectivity index (χ4v) is 2.57. The second kappa shape index (κ2) is 7.45. The molecule has 9 heteroatoms. The molecule has 1 N–H and O–H groups in total. The van der Waals surface area contributed by atoms with E-state index in [4.69, 9.17) is 16.3 Å². The molecule has 2 heterocycles. The summed E-state index contributed by atoms with van der Waals surface area (Å²) < 4.78 is 7.37. The summed E-state index contributed by atoms with van der Waals surface area (Å²) in [6.07, 6.45) is 1.33. The fraction of sp³-hybridized carbons (Fsp3) is 0.571. The number of halogens is 1. The van der Waals surface area contributed by atoms with E-state index < -0.39 is 11.2 Å². The van der Waals surface area contributed by atoms with Crippen molar-refractivity contribution in [1.82, 2.24) is 19.1 Å². The lowest BCUT2D eigenvalue weighted by atomic mass is 10.2. The molecule has 0 saturated heterocycles. The number of esters is 1. The van der Waals surface area contributed by atoms with Crippen LogP contribution in [-0.4, -0.2) is 31.7 Å². The van der Waals surface area contributed by atoms with Gasteiger partial charge in [0.05, 0.1) is 6.61 Å². The molecule has 2 rings (SSSR count). The molecule has 0 aliphatic heterocycles. The number of aromatic nitrogens is 4. The van der Waals surface area contributed by atoms with E-state index in [1.165, 1.54) is 4.57 Å². The molecule has 0 spiro atoms. The van der Waals surface area contributed by atoms with Crippen LogP contribution in [0.2, 0.25) is 5.28 Å². The van der Waals surface area contributed by atoms with Gasteiger partial charge >= 0.3 is 11.7 Å². The Hall–Kier alpha value is -2.09. The highest BCUT2D eigenvalue weighted by molar-refractivity contribution is 6.28. The van der Waals surface area contributed by atoms with Gasteiger partial charge in [0.2, 0.25) is 5.28 Å². The molecular formula is C14H19ClN4O4. The predicted molar refractivity (Wildman–Crippen MR) is 85.8 cm³/mol. The van der Waals surface area contributed by atoms with E-state index in [1.807, 2.05) is 0 Å². The first-order valence-electron chi connectivity index (χ1n) is 7.54. The summed E-state index contributed by atoms with van der Waals surface area (Å²) in [6, 6.07) is 0. The lowest BCUT2D eigenvalue weighted by Crippen LogP contribution is -2.40. The molecule has 23 heavy (non-hydrogen) atoms. The molecule has 0 aromatic carbocycles. The molecule has 0 radical (unpaired) electrons. The Labute approximate surface area is 137 Å². The second-order valence-electron chi connectivity index (χ2n) is 4.97. The number of unbranched alkanes of at least 4 members (excludes halogenated alkanes) is 1. The van der Waals surface area contributed by atoms with Gasteiger partial charge < -0.3 is 9.72 Å². The summed E-state index contributed by atoms with van der Waals surface area (Å²) in [5.41, 5.74) is -0.411. The molecule has 0 amide bonds. The van der Waals surface area contributed by atoms with Crippen LogP contribution in [0.15, 0.2) is 9.59 Å². The van der Waals surface area contributed by atoms with Gasteiger partial charge in [-0.2, -0.15) is 4.98 Å². The number of nitrogens with one attached hydrogen (secondary N) is 1. The maximum Gasteiger partial charge on any atom is 0.332 e. The molecule has 2 aromatic heterocycles. The maximum atomic E-state index is 12.4. The number of H-pyrrole nitrogens is 1. The van der Waals surface area contributed by atoms with Gasteiger partial charge in [0, 0.05) is 19.5 Å². The van der Waals surface area contributed by atoms with Gasteiger partial charge in [0.15, 0.2) is 11.2 Å². The summed E-state index contributed by atoms with van der Waals surface area (Å²) in [6.45, 7) is 4.48. The summed E-state index contributed by atoms with van der Waals surface area (Å²) >= 11 is 5.80. The number of fused-ring (bicyclic) bond motifs is 1. The SMILES string of the molecule is CCOC(=O)CCCCn1c(=O)c2[nH]c(Cl)nc2n(CC)c1=O. The Balaban J connectivity index is 2.22. The fourth-order valence-electron chi connectivity index (χ4n) is 2.39. The summed E-state index contributed by atoms with van der Waals surface area (Å²) in [5.74, 6) is -0.276. The van der Waals surface area contributed by atoms with Crippen LogP contribution in [-0.2, 0) is 22.6 Å². The Kier molecular flexibility index (Phi) is 5.59. The molecule has 126 valence electrons. The normalized spacial score (nSPS) is 11.1. The van der Waals surface area contributed by atoms with Crippen molar-refractivity contribution in [1.29, 1.82) is 0 Å². The van der Waals surface area contributed by atoms with E-state index in [0.717, 1.165) is 4.57 Å². The van der Waals surface area contributed by atoms with Gasteiger partial charge in [-0.1, -0.05) is 0 Å². The van der Waals surface area contributed by atoms with E-state index >= 15 is 0 Å². The minimum Gasteiger partial charge on any atom is -0.466 e. The Morgan fingerprint density at radius 2 is 2.00 bits per heavy atom. The lowest BCUT2D eigenvalue weighted by Gasteiger charge is -2.09. The first kappa shape index (κ1) is 17.3. The minimum absolute atomic E-state index is 0.0683. The molecule has 2 aromatic rings. The molecule has 0 aliphatic rings. The van der Waals surface area contributed by atoms with Crippen molar-refractivity contribution in [3.63, 3.8) is 0 Å². The highest BCUT2D eigenvalue weighted by Gasteiger charge is 2.15. The van der Waals surface area contributed by atoms with Crippen molar-refractivity contribution in [2.75, 3.05) is 6.61 Å². The van der Waals surface area contributed by atoms with Crippen LogP contribution in [0.3, 0.4) is 0 Å². The van der Waals surface area contributed by atoms with E-state index in [2.05, 4.69) is 9.97 Å². The quantitative estimate of drug-likeness (QED) is 0.464. The summed E-state index contributed by atoms with van der Waals surface area (Å²) in [7, 11) is 0. The van der Waals surface area contributed by atoms with Crippen LogP contribution in [0.1, 0.15) is 33.1 Å². The molecule has 0 saturated carbocycles. The zero-order valence-electron chi connectivity index (χ0n) is 13.1. The van der Waals surface area contributed by atoms with Gasteiger partial charge in [-0.3, -0.25) is 18.7 Å². The summed E-state index contributed by atoms with van der Waals surface area (Å²) in [5, 5.41) is 0.0683. The van der Waals surface area contributed by atoms with Gasteiger partial charge in [0.1, 0.15) is 0 Å². The van der Waals surface area contributed by atoms with Gasteiger partial charge in [-0.05, 0) is 38.3 Å². The van der Waals surface area contributed by atoms with Gasteiger partial charge in [0.25, 0.3) is 5.56 Å². The first-order valence-corrected chi connectivity index (χ1v) is 7.91. The number of rotatable bonds is 7. The van der Waals surface area contributed by atoms with E-state index in [1.54, 1.807) is 13.8 Å². The van der Waals surface area contributed by atoms with E-state index in [-0.39, 0.29) is 35.4 Å². The Bertz CT molecular complexity index is 821. The van der Waals surface area contributed by atoms with Crippen molar-refractivity contribution < 1.29 is 9.53 Å². The molecule has 8 nitrogen and oxygen atoms in total. The van der Waals surface area contributed by atoms with Crippen LogP contribution in [0.4, 0.5) is 0 Å². The number of hydrogen-bond acceptors (Lipinski definition) is 5. The number of carbonyl (C=O) groups excluding carboxylic acids is 1. The molecular weight excluding hydrogens is 324 g/mol. The van der Waals surface area contributed by atoms with Crippen LogP contribution in [0.25, 0.3) is 11.2 Å². The van der Waals surface area contributed by atoms with Crippen molar-refractivity contribution >= 4 is 28.7 Å². The number of imidazole rings is 1. The number of carbonyl (C=O) groups is 1. The smallest absolute Gasteiger partial charge is 0.332 e. The van der Waals surface area contributed by atoms with Crippen molar-refractivity contribution in [2.24, 2.45) is 0 Å². The second-order valence-corrected chi connectivity index (χ2v) is 5.33. The number of nitrogens with zero attached hydrogens (tertiary/aromatic N) is 3. The van der Waals surface area contributed by atoms with Crippen LogP contribution in [0.5, 0.6) is 0 Å². The third kappa shape index (κ3) is 3.64. The molecule has 0 fully saturated rings. The Morgan fingerprint density at radius 1 is 1.26 bits per heavy atom. The standard InChI is InChI=1S/C14H19ClN4O4/c1-3-18-11-10(16-13(15)17-11)12(21)19(14(18)22)8-6-5-7-9(20)23-4-2/h3-8H2,1-2H3,(H,16,17). The molecule has 0 atom stereocenters. The van der Waals surface area contributed by atoms with Crippen molar-refractivity contribution in [3.8, 4) is 0 Å². The van der Waals surface area contributed by atoms with Crippen LogP contribution in [0, 0.1) is 0 Å². The average Bonchev–Trinajstić information content (AvgIpc) is 2.89. The maximum absolute atomic E-state index is 12.4. The van der Waals surface area contributed by atoms with Gasteiger partial charge in [-0.25, -0.2) is 4.79 Å². The topological polar surface area (TPSA) is 99.0 Å². The zero-order valence-corrected chi connectivity index (χ0v) is 13.9. The van der Waals surface area contributed by atoms with E-state index in [0.29, 0.717) is 26.0 Å². The van der Waals surface area contributed by atoms with Crippen molar-refractivity contribution in [3.05, 3.63) is 26.1 Å². The lowest BCUT2D eigenvalue weighted by molar-refractivity contribution is -0.143. The highest BCUT2D eigenvalue weighted by Crippen LogP contribution is 2.09. The molecule has 0 aliphatic carbocycles. The third-order valence-electron chi connectivity index (χ3n) is 3.47. The largest absolute Gasteiger partial charge is 0.466 e. The predicted octanol–water partition coefficient (Wildman–Crippen LogP) is 1.29. The monoisotopic (exact) mass is 342 g/mol. The summed E-state index contributed by atoms with van der Waals surface area (Å²) in [4.78, 5) is 42.7. The number of aryl methyl sites for hydroxylation is 1. The number of hydrogen-bond donors (Lipinski definition) is 1. The van der Waals surface area contributed by atoms with E-state index in [9.17, 15) is 14.4 Å². The number of aromatic amines is 1. The van der Waals surface area contributed by atoms with Crippen molar-refractivity contribution in [2.45, 2.75) is 46.2 Å². The Morgan fingerprint density at radius 3 is 2.65 bits per heavy atom. The van der Waals surface area contributed by atoms with Crippen LogP contribution >= 0.6 is 11.6 Å². The number of ether oxygens (including phenoxy) is 1. The van der Waals surface area contributed by atoms with Gasteiger partial charge in [-0.15, -0.1) is 0 Å². The molecule has 0 bridgehead atoms. The zero-order chi connectivity index (χ0) is 17.0. The first-order chi connectivity index (χ1) is 11.0. The van der Waals surface area contributed by atoms with Crippen LogP contribution < -0.4 is 11.2 Å². The highest BCUT2D eigenvalue weighted by atomic mass is 35.5. The minimum atomic E-state index is -0.453.